The monoisotopic (exact) mass is 395 g/mol. The van der Waals surface area contributed by atoms with Crippen LogP contribution in [0.1, 0.15) is 34.5 Å². The second kappa shape index (κ2) is 6.95. The first-order valence-corrected chi connectivity index (χ1v) is 9.91. The summed E-state index contributed by atoms with van der Waals surface area (Å²) in [6, 6.07) is -0.706. The molecular weight excluding hydrogens is 378 g/mol. The summed E-state index contributed by atoms with van der Waals surface area (Å²) in [5, 5.41) is 9.87. The standard InChI is InChI=1S/C15H17N5O6S/c1-8-16-14(26-19-8)11(4-5-27(3,23)24)20-6-9-12(17-18-13(9)21)10(7-20)15(22)25-2/h6-7,11H,4-5H2,1-3H3,(H,18,21). The van der Waals surface area contributed by atoms with Gasteiger partial charge in [-0.05, 0) is 13.3 Å². The molecule has 1 atom stereocenters. The number of hydrogen-bond acceptors (Lipinski definition) is 9. The molecule has 12 heteroatoms. The zero-order chi connectivity index (χ0) is 19.8. The van der Waals surface area contributed by atoms with Crippen LogP contribution in [0.2, 0.25) is 0 Å². The van der Waals surface area contributed by atoms with Crippen molar-refractivity contribution in [3.8, 4) is 11.3 Å². The van der Waals surface area contributed by atoms with Crippen molar-refractivity contribution in [3.63, 3.8) is 0 Å². The van der Waals surface area contributed by atoms with E-state index < -0.39 is 27.4 Å². The summed E-state index contributed by atoms with van der Waals surface area (Å²) < 4.78 is 34.7. The van der Waals surface area contributed by atoms with E-state index in [1.54, 1.807) is 6.92 Å². The molecule has 2 aliphatic rings. The Kier molecular flexibility index (Phi) is 4.83. The number of sulfone groups is 1. The molecule has 1 N–H and O–H groups in total. The Labute approximate surface area is 153 Å². The van der Waals surface area contributed by atoms with Gasteiger partial charge in [0.15, 0.2) is 5.82 Å². The van der Waals surface area contributed by atoms with Crippen LogP contribution in [-0.4, -0.2) is 58.4 Å². The number of carbonyl (C=O) groups is 1. The van der Waals surface area contributed by atoms with Gasteiger partial charge in [0.25, 0.3) is 5.56 Å². The van der Waals surface area contributed by atoms with Gasteiger partial charge in [0.05, 0.1) is 18.4 Å². The zero-order valence-corrected chi connectivity index (χ0v) is 15.6. The van der Waals surface area contributed by atoms with E-state index >= 15 is 0 Å². The van der Waals surface area contributed by atoms with E-state index in [0.717, 1.165) is 6.26 Å². The number of nitrogens with one attached hydrogen (secondary N) is 1. The number of hydrogen-bond donors (Lipinski definition) is 1. The SMILES string of the molecule is COC(=O)c1cn(C(CCS(C)(=O)=O)c2nc(C)no2)cc2c(=O)[nH]nc1-2. The van der Waals surface area contributed by atoms with Crippen LogP contribution in [-0.2, 0) is 14.6 Å². The highest BCUT2D eigenvalue weighted by molar-refractivity contribution is 7.90. The van der Waals surface area contributed by atoms with E-state index in [4.69, 9.17) is 9.26 Å². The maximum Gasteiger partial charge on any atom is 0.341 e. The van der Waals surface area contributed by atoms with Gasteiger partial charge in [-0.3, -0.25) is 4.79 Å². The van der Waals surface area contributed by atoms with Crippen molar-refractivity contribution in [2.75, 3.05) is 19.1 Å². The van der Waals surface area contributed by atoms with Crippen molar-refractivity contribution in [2.45, 2.75) is 19.4 Å². The molecule has 0 radical (unpaired) electrons. The molecule has 0 aromatic carbocycles. The maximum atomic E-state index is 12.1. The van der Waals surface area contributed by atoms with Gasteiger partial charge in [-0.25, -0.2) is 18.3 Å². The Hall–Kier alpha value is -3.02. The summed E-state index contributed by atoms with van der Waals surface area (Å²) in [5.74, 6) is -0.318. The number of pyridine rings is 1. The molecule has 0 amide bonds. The zero-order valence-electron chi connectivity index (χ0n) is 14.8. The molecule has 0 spiro atoms. The number of aryl methyl sites for hydroxylation is 1. The number of ether oxygens (including phenoxy) is 1. The van der Waals surface area contributed by atoms with Crippen molar-refractivity contribution in [3.05, 3.63) is 40.0 Å². The van der Waals surface area contributed by atoms with E-state index in [1.807, 2.05) is 0 Å². The first-order valence-electron chi connectivity index (χ1n) is 7.85. The van der Waals surface area contributed by atoms with Crippen molar-refractivity contribution in [1.29, 1.82) is 0 Å². The second-order valence-corrected chi connectivity index (χ2v) is 8.30. The Morgan fingerprint density at radius 1 is 1.41 bits per heavy atom. The van der Waals surface area contributed by atoms with Gasteiger partial charge in [0.2, 0.25) is 5.89 Å². The van der Waals surface area contributed by atoms with Crippen LogP contribution in [0.4, 0.5) is 0 Å². The molecule has 3 rings (SSSR count). The van der Waals surface area contributed by atoms with E-state index in [1.165, 1.54) is 24.1 Å². The number of aromatic nitrogens is 5. The maximum absolute atomic E-state index is 12.1. The van der Waals surface area contributed by atoms with Gasteiger partial charge < -0.3 is 13.8 Å². The number of nitrogens with zero attached hydrogens (tertiary/aromatic N) is 4. The fraction of sp³-hybridized carbons (Fsp3) is 0.400. The van der Waals surface area contributed by atoms with Crippen molar-refractivity contribution < 1.29 is 22.5 Å². The third kappa shape index (κ3) is 3.89. The molecule has 27 heavy (non-hydrogen) atoms. The molecule has 1 unspecified atom stereocenters. The summed E-state index contributed by atoms with van der Waals surface area (Å²) in [7, 11) is -2.07. The lowest BCUT2D eigenvalue weighted by molar-refractivity contribution is 0.0600. The highest BCUT2D eigenvalue weighted by atomic mass is 32.2. The largest absolute Gasteiger partial charge is 0.465 e. The fourth-order valence-electron chi connectivity index (χ4n) is 2.67. The number of aromatic amines is 1. The minimum absolute atomic E-state index is 0.0499. The minimum atomic E-state index is -3.27. The lowest BCUT2D eigenvalue weighted by Gasteiger charge is -2.19. The molecule has 0 fully saturated rings. The molecule has 144 valence electrons. The molecular formula is C15H17N5O6S. The topological polar surface area (TPSA) is 150 Å². The van der Waals surface area contributed by atoms with Gasteiger partial charge in [0, 0.05) is 18.6 Å². The van der Waals surface area contributed by atoms with Crippen LogP contribution < -0.4 is 5.56 Å². The van der Waals surface area contributed by atoms with Gasteiger partial charge in [-0.1, -0.05) is 5.16 Å². The smallest absolute Gasteiger partial charge is 0.341 e. The summed E-state index contributed by atoms with van der Waals surface area (Å²) in [6.45, 7) is 1.63. The number of rotatable bonds is 6. The number of fused-ring (bicyclic) bond motifs is 1. The average molecular weight is 395 g/mol. The van der Waals surface area contributed by atoms with Gasteiger partial charge in [-0.2, -0.15) is 10.1 Å². The molecule has 3 heterocycles. The molecule has 0 bridgehead atoms. The molecule has 11 nitrogen and oxygen atoms in total. The van der Waals surface area contributed by atoms with Crippen LogP contribution in [0.5, 0.6) is 0 Å². The van der Waals surface area contributed by atoms with Gasteiger partial charge in [-0.15, -0.1) is 0 Å². The molecule has 1 aromatic heterocycles. The Morgan fingerprint density at radius 3 is 2.74 bits per heavy atom. The third-order valence-electron chi connectivity index (χ3n) is 3.94. The van der Waals surface area contributed by atoms with Gasteiger partial charge in [0.1, 0.15) is 27.1 Å². The summed E-state index contributed by atoms with van der Waals surface area (Å²) in [4.78, 5) is 28.3. The summed E-state index contributed by atoms with van der Waals surface area (Å²) >= 11 is 0. The first kappa shape index (κ1) is 18.8. The number of carbonyl (C=O) groups excluding carboxylic acids is 1. The van der Waals surface area contributed by atoms with Crippen molar-refractivity contribution >= 4 is 15.8 Å². The van der Waals surface area contributed by atoms with E-state index in [-0.39, 0.29) is 34.9 Å². The Bertz CT molecular complexity index is 1110. The first-order chi connectivity index (χ1) is 12.7. The number of esters is 1. The molecule has 1 aromatic rings. The second-order valence-electron chi connectivity index (χ2n) is 6.04. The molecule has 0 aliphatic carbocycles. The molecule has 0 saturated heterocycles. The van der Waals surface area contributed by atoms with E-state index in [0.29, 0.717) is 5.82 Å². The van der Waals surface area contributed by atoms with Crippen LogP contribution in [0.3, 0.4) is 0 Å². The van der Waals surface area contributed by atoms with Crippen molar-refractivity contribution in [2.24, 2.45) is 0 Å². The quantitative estimate of drug-likeness (QED) is 0.576. The molecule has 0 saturated carbocycles. The Balaban J connectivity index is 2.17. The Morgan fingerprint density at radius 2 is 2.15 bits per heavy atom. The average Bonchev–Trinajstić information content (AvgIpc) is 3.19. The highest BCUT2D eigenvalue weighted by Crippen LogP contribution is 2.27. The van der Waals surface area contributed by atoms with E-state index in [2.05, 4.69) is 20.3 Å². The van der Waals surface area contributed by atoms with Crippen LogP contribution in [0.25, 0.3) is 11.3 Å². The fourth-order valence-corrected chi connectivity index (χ4v) is 3.32. The minimum Gasteiger partial charge on any atom is -0.465 e. The third-order valence-corrected chi connectivity index (χ3v) is 4.91. The summed E-state index contributed by atoms with van der Waals surface area (Å²) in [5.41, 5.74) is -0.132. The lowest BCUT2D eigenvalue weighted by atomic mass is 10.1. The van der Waals surface area contributed by atoms with Crippen molar-refractivity contribution in [1.82, 2.24) is 24.9 Å². The van der Waals surface area contributed by atoms with Crippen LogP contribution >= 0.6 is 0 Å². The van der Waals surface area contributed by atoms with Crippen LogP contribution in [0.15, 0.2) is 21.7 Å². The normalized spacial score (nSPS) is 13.0. The molecule has 2 aliphatic heterocycles. The number of methoxy groups -OCH3 is 1. The predicted octanol–water partition coefficient (Wildman–Crippen LogP) is 0.178. The number of H-pyrrole nitrogens is 1. The van der Waals surface area contributed by atoms with Crippen LogP contribution in [0, 0.1) is 6.92 Å². The van der Waals surface area contributed by atoms with Gasteiger partial charge >= 0.3 is 5.97 Å². The highest BCUT2D eigenvalue weighted by Gasteiger charge is 2.27. The van der Waals surface area contributed by atoms with E-state index in [9.17, 15) is 18.0 Å². The summed E-state index contributed by atoms with van der Waals surface area (Å²) in [6.07, 6.45) is 4.09. The lowest BCUT2D eigenvalue weighted by Crippen LogP contribution is -2.19. The predicted molar refractivity (Wildman–Crippen MR) is 92.3 cm³/mol.